The molecule has 0 aromatic carbocycles. The Morgan fingerprint density at radius 1 is 1.21 bits per heavy atom. The Hall–Kier alpha value is -0.980. The number of rotatable bonds is 8. The largest absolute Gasteiger partial charge is 0.424 e. The highest BCUT2D eigenvalue weighted by Crippen LogP contribution is 2.23. The van der Waals surface area contributed by atoms with E-state index >= 15 is 0 Å². The van der Waals surface area contributed by atoms with Crippen molar-refractivity contribution in [2.75, 3.05) is 33.2 Å². The molecule has 0 saturated carbocycles. The van der Waals surface area contributed by atoms with Crippen LogP contribution in [0.15, 0.2) is 4.42 Å². The maximum absolute atomic E-state index is 9.50. The summed E-state index contributed by atoms with van der Waals surface area (Å²) < 4.78 is 5.83. The summed E-state index contributed by atoms with van der Waals surface area (Å²) in [5.41, 5.74) is 0. The molecule has 138 valence electrons. The van der Waals surface area contributed by atoms with Gasteiger partial charge in [-0.3, -0.25) is 4.90 Å². The van der Waals surface area contributed by atoms with Gasteiger partial charge in [0.1, 0.15) is 0 Å². The average Bonchev–Trinajstić information content (AvgIpc) is 2.95. The number of piperidine rings is 1. The topological polar surface area (TPSA) is 65.6 Å². The molecule has 2 unspecified atom stereocenters. The van der Waals surface area contributed by atoms with Crippen molar-refractivity contribution in [3.05, 3.63) is 11.8 Å². The van der Waals surface area contributed by atoms with Crippen LogP contribution in [0, 0.1) is 11.8 Å². The summed E-state index contributed by atoms with van der Waals surface area (Å²) in [6, 6.07) is 0.147. The molecular formula is C18H34N4O2. The van der Waals surface area contributed by atoms with Crippen LogP contribution in [0.3, 0.4) is 0 Å². The van der Waals surface area contributed by atoms with Crippen molar-refractivity contribution in [1.29, 1.82) is 0 Å². The Bertz CT molecular complexity index is 481. The van der Waals surface area contributed by atoms with E-state index in [0.29, 0.717) is 11.8 Å². The summed E-state index contributed by atoms with van der Waals surface area (Å²) in [6.07, 6.45) is 2.98. The number of aromatic nitrogens is 2. The molecule has 1 aliphatic heterocycles. The first-order valence-electron chi connectivity index (χ1n) is 9.28. The standard InChI is InChI=1S/C18H34N4O2/c1-13(2)10-17-19-20-18(24-17)15(4)21(5)12-16-6-8-22(9-7-16)11-14(3)23/h13-16,23H,6-12H2,1-5H3. The molecule has 1 aromatic heterocycles. The summed E-state index contributed by atoms with van der Waals surface area (Å²) in [4.78, 5) is 4.68. The predicted octanol–water partition coefficient (Wildman–Crippen LogP) is 2.35. The van der Waals surface area contributed by atoms with Crippen molar-refractivity contribution in [2.24, 2.45) is 11.8 Å². The van der Waals surface area contributed by atoms with Crippen molar-refractivity contribution >= 4 is 0 Å². The molecule has 6 nitrogen and oxygen atoms in total. The molecule has 0 radical (unpaired) electrons. The van der Waals surface area contributed by atoms with Gasteiger partial charge in [-0.2, -0.15) is 0 Å². The SMILES string of the molecule is CC(C)Cc1nnc(C(C)N(C)CC2CCN(CC(C)O)CC2)o1. The van der Waals surface area contributed by atoms with Crippen LogP contribution in [0.25, 0.3) is 0 Å². The minimum Gasteiger partial charge on any atom is -0.424 e. The van der Waals surface area contributed by atoms with E-state index in [0.717, 1.165) is 44.4 Å². The number of aliphatic hydroxyl groups is 1. The van der Waals surface area contributed by atoms with E-state index in [2.05, 4.69) is 47.8 Å². The van der Waals surface area contributed by atoms with E-state index in [9.17, 15) is 5.11 Å². The van der Waals surface area contributed by atoms with Gasteiger partial charge in [-0.15, -0.1) is 10.2 Å². The molecule has 0 aliphatic carbocycles. The zero-order chi connectivity index (χ0) is 17.7. The number of β-amino-alcohol motifs (C(OH)–C–C–N with tert-alkyl or cyclic N) is 1. The number of aliphatic hydroxyl groups excluding tert-OH is 1. The highest BCUT2D eigenvalue weighted by atomic mass is 16.4. The lowest BCUT2D eigenvalue weighted by atomic mass is 9.95. The van der Waals surface area contributed by atoms with Crippen molar-refractivity contribution in [2.45, 2.75) is 59.1 Å². The van der Waals surface area contributed by atoms with Crippen molar-refractivity contribution in [1.82, 2.24) is 20.0 Å². The van der Waals surface area contributed by atoms with Gasteiger partial charge in [0.05, 0.1) is 12.1 Å². The van der Waals surface area contributed by atoms with Gasteiger partial charge in [-0.1, -0.05) is 13.8 Å². The number of nitrogens with zero attached hydrogens (tertiary/aromatic N) is 4. The molecule has 24 heavy (non-hydrogen) atoms. The molecule has 2 rings (SSSR count). The fourth-order valence-corrected chi connectivity index (χ4v) is 3.35. The molecule has 1 fully saturated rings. The monoisotopic (exact) mass is 338 g/mol. The lowest BCUT2D eigenvalue weighted by Crippen LogP contribution is -2.41. The van der Waals surface area contributed by atoms with Gasteiger partial charge in [-0.05, 0) is 58.7 Å². The Morgan fingerprint density at radius 3 is 2.46 bits per heavy atom. The first kappa shape index (κ1) is 19.3. The van der Waals surface area contributed by atoms with Crippen LogP contribution in [-0.4, -0.2) is 64.4 Å². The van der Waals surface area contributed by atoms with Crippen LogP contribution in [0.1, 0.15) is 58.4 Å². The number of hydrogen-bond donors (Lipinski definition) is 1. The molecule has 1 N–H and O–H groups in total. The van der Waals surface area contributed by atoms with Crippen LogP contribution >= 0.6 is 0 Å². The molecule has 6 heteroatoms. The van der Waals surface area contributed by atoms with E-state index < -0.39 is 0 Å². The fourth-order valence-electron chi connectivity index (χ4n) is 3.35. The number of likely N-dealkylation sites (tertiary alicyclic amines) is 1. The zero-order valence-corrected chi connectivity index (χ0v) is 15.9. The highest BCUT2D eigenvalue weighted by molar-refractivity contribution is 4.90. The summed E-state index contributed by atoms with van der Waals surface area (Å²) >= 11 is 0. The Balaban J connectivity index is 1.79. The summed E-state index contributed by atoms with van der Waals surface area (Å²) in [7, 11) is 2.14. The Morgan fingerprint density at radius 2 is 1.88 bits per heavy atom. The predicted molar refractivity (Wildman–Crippen MR) is 94.7 cm³/mol. The molecule has 0 amide bonds. The normalized spacial score (nSPS) is 20.0. The van der Waals surface area contributed by atoms with Gasteiger partial charge in [0.15, 0.2) is 0 Å². The third-order valence-corrected chi connectivity index (χ3v) is 4.86. The zero-order valence-electron chi connectivity index (χ0n) is 15.9. The first-order chi connectivity index (χ1) is 11.3. The van der Waals surface area contributed by atoms with Gasteiger partial charge in [0.25, 0.3) is 0 Å². The molecule has 1 aromatic rings. The second-order valence-electron chi connectivity index (χ2n) is 7.84. The lowest BCUT2D eigenvalue weighted by molar-refractivity contribution is 0.0865. The van der Waals surface area contributed by atoms with Crippen molar-refractivity contribution in [3.8, 4) is 0 Å². The smallest absolute Gasteiger partial charge is 0.233 e. The van der Waals surface area contributed by atoms with Crippen LogP contribution in [0.2, 0.25) is 0 Å². The van der Waals surface area contributed by atoms with E-state index in [1.54, 1.807) is 0 Å². The van der Waals surface area contributed by atoms with Gasteiger partial charge in [0.2, 0.25) is 11.8 Å². The lowest BCUT2D eigenvalue weighted by Gasteiger charge is -2.35. The van der Waals surface area contributed by atoms with Gasteiger partial charge in [0, 0.05) is 19.5 Å². The second-order valence-corrected chi connectivity index (χ2v) is 7.84. The number of hydrogen-bond acceptors (Lipinski definition) is 6. The minimum absolute atomic E-state index is 0.147. The first-order valence-corrected chi connectivity index (χ1v) is 9.28. The van der Waals surface area contributed by atoms with Gasteiger partial charge in [-0.25, -0.2) is 0 Å². The third kappa shape index (κ3) is 5.83. The average molecular weight is 338 g/mol. The summed E-state index contributed by atoms with van der Waals surface area (Å²) in [6.45, 7) is 12.3. The minimum atomic E-state index is -0.234. The maximum atomic E-state index is 9.50. The maximum Gasteiger partial charge on any atom is 0.233 e. The van der Waals surface area contributed by atoms with E-state index in [4.69, 9.17) is 4.42 Å². The molecule has 1 aliphatic rings. The van der Waals surface area contributed by atoms with Gasteiger partial charge >= 0.3 is 0 Å². The Kier molecular flexibility index (Phi) is 7.19. The third-order valence-electron chi connectivity index (χ3n) is 4.86. The highest BCUT2D eigenvalue weighted by Gasteiger charge is 2.25. The quantitative estimate of drug-likeness (QED) is 0.785. The van der Waals surface area contributed by atoms with Crippen LogP contribution in [0.5, 0.6) is 0 Å². The molecule has 0 bridgehead atoms. The Labute approximate surface area is 146 Å². The molecule has 2 heterocycles. The van der Waals surface area contributed by atoms with E-state index in [-0.39, 0.29) is 12.1 Å². The fraction of sp³-hybridized carbons (Fsp3) is 0.889. The van der Waals surface area contributed by atoms with Crippen LogP contribution in [0.4, 0.5) is 0 Å². The molecule has 2 atom stereocenters. The molecular weight excluding hydrogens is 304 g/mol. The summed E-state index contributed by atoms with van der Waals surface area (Å²) in [5, 5.41) is 17.9. The second kappa shape index (κ2) is 8.92. The van der Waals surface area contributed by atoms with E-state index in [1.165, 1.54) is 12.8 Å². The van der Waals surface area contributed by atoms with Crippen LogP contribution in [-0.2, 0) is 6.42 Å². The van der Waals surface area contributed by atoms with Crippen molar-refractivity contribution in [3.63, 3.8) is 0 Å². The molecule has 0 spiro atoms. The van der Waals surface area contributed by atoms with Crippen molar-refractivity contribution < 1.29 is 9.52 Å². The van der Waals surface area contributed by atoms with E-state index in [1.807, 2.05) is 6.92 Å². The van der Waals surface area contributed by atoms with Gasteiger partial charge < -0.3 is 14.4 Å². The van der Waals surface area contributed by atoms with Crippen LogP contribution < -0.4 is 0 Å². The summed E-state index contributed by atoms with van der Waals surface area (Å²) in [5.74, 6) is 2.69. The molecule has 1 saturated heterocycles.